The van der Waals surface area contributed by atoms with E-state index in [0.29, 0.717) is 24.2 Å². The van der Waals surface area contributed by atoms with Gasteiger partial charge < -0.3 is 9.64 Å². The third kappa shape index (κ3) is 6.78. The molecule has 2 fully saturated rings. The fourth-order valence-electron chi connectivity index (χ4n) is 4.74. The van der Waals surface area contributed by atoms with Crippen LogP contribution >= 0.6 is 12.4 Å². The molecule has 7 heteroatoms. The first-order valence-electron chi connectivity index (χ1n) is 11.5. The summed E-state index contributed by atoms with van der Waals surface area (Å²) in [6.45, 7) is 5.52. The lowest BCUT2D eigenvalue weighted by atomic mass is 9.97. The summed E-state index contributed by atoms with van der Waals surface area (Å²) in [7, 11) is -3.53. The molecule has 1 N–H and O–H groups in total. The van der Waals surface area contributed by atoms with Crippen molar-refractivity contribution in [3.8, 4) is 0 Å². The molecular weight excluding hydrogens is 444 g/mol. The highest BCUT2D eigenvalue weighted by Crippen LogP contribution is 2.29. The lowest BCUT2D eigenvalue weighted by Gasteiger charge is -2.35. The molecule has 0 spiro atoms. The Morgan fingerprint density at radius 1 is 0.938 bits per heavy atom. The van der Waals surface area contributed by atoms with E-state index < -0.39 is 10.0 Å². The Bertz CT molecular complexity index is 947. The molecule has 1 saturated carbocycles. The van der Waals surface area contributed by atoms with Gasteiger partial charge in [-0.1, -0.05) is 49.4 Å². The van der Waals surface area contributed by atoms with E-state index in [1.54, 1.807) is 18.2 Å². The Balaban J connectivity index is 0.00000289. The Labute approximate surface area is 199 Å². The SMILES string of the molecule is CC1CCN(C2CCC(NS(=O)(=O)c3cccc(COCc4ccccc4)c3)C2)CC1.Cl. The van der Waals surface area contributed by atoms with E-state index in [1.807, 2.05) is 36.4 Å². The minimum Gasteiger partial charge on any atom is -0.372 e. The topological polar surface area (TPSA) is 58.6 Å². The molecule has 2 aromatic rings. The molecule has 2 aliphatic rings. The molecule has 1 aliphatic carbocycles. The van der Waals surface area contributed by atoms with Crippen molar-refractivity contribution >= 4 is 22.4 Å². The van der Waals surface area contributed by atoms with Gasteiger partial charge in [0.1, 0.15) is 0 Å². The van der Waals surface area contributed by atoms with Gasteiger partial charge in [-0.2, -0.15) is 0 Å². The van der Waals surface area contributed by atoms with Crippen molar-refractivity contribution in [1.82, 2.24) is 9.62 Å². The maximum absolute atomic E-state index is 13.0. The third-order valence-electron chi connectivity index (χ3n) is 6.65. The van der Waals surface area contributed by atoms with Crippen LogP contribution in [-0.2, 0) is 28.0 Å². The van der Waals surface area contributed by atoms with Gasteiger partial charge in [0, 0.05) is 12.1 Å². The Hall–Kier alpha value is -1.44. The zero-order valence-electron chi connectivity index (χ0n) is 18.8. The van der Waals surface area contributed by atoms with Crippen LogP contribution in [0.4, 0.5) is 0 Å². The average molecular weight is 479 g/mol. The van der Waals surface area contributed by atoms with Crippen LogP contribution in [0.25, 0.3) is 0 Å². The number of sulfonamides is 1. The molecule has 176 valence electrons. The second kappa shape index (κ2) is 11.6. The van der Waals surface area contributed by atoms with Crippen molar-refractivity contribution < 1.29 is 13.2 Å². The molecule has 5 nitrogen and oxygen atoms in total. The fraction of sp³-hybridized carbons (Fsp3) is 0.520. The molecule has 1 heterocycles. The Kier molecular flexibility index (Phi) is 9.14. The summed E-state index contributed by atoms with van der Waals surface area (Å²) >= 11 is 0. The average Bonchev–Trinajstić information content (AvgIpc) is 3.23. The molecule has 2 aromatic carbocycles. The molecule has 0 amide bonds. The van der Waals surface area contributed by atoms with Crippen molar-refractivity contribution in [3.63, 3.8) is 0 Å². The highest BCUT2D eigenvalue weighted by Gasteiger charge is 2.33. The van der Waals surface area contributed by atoms with Crippen molar-refractivity contribution in [2.45, 2.75) is 69.2 Å². The summed E-state index contributed by atoms with van der Waals surface area (Å²) in [5.74, 6) is 0.816. The number of rotatable bonds is 8. The zero-order chi connectivity index (χ0) is 21.7. The number of hydrogen-bond acceptors (Lipinski definition) is 4. The molecular formula is C25H35ClN2O3S. The first-order chi connectivity index (χ1) is 15.0. The quantitative estimate of drug-likeness (QED) is 0.594. The molecule has 2 unspecified atom stereocenters. The van der Waals surface area contributed by atoms with E-state index in [-0.39, 0.29) is 18.4 Å². The number of benzene rings is 2. The summed E-state index contributed by atoms with van der Waals surface area (Å²) in [6.07, 6.45) is 5.41. The van der Waals surface area contributed by atoms with Gasteiger partial charge >= 0.3 is 0 Å². The van der Waals surface area contributed by atoms with Gasteiger partial charge in [0.05, 0.1) is 18.1 Å². The van der Waals surface area contributed by atoms with Crippen LogP contribution in [0.1, 0.15) is 50.2 Å². The van der Waals surface area contributed by atoms with Gasteiger partial charge in [-0.25, -0.2) is 13.1 Å². The third-order valence-corrected chi connectivity index (χ3v) is 8.17. The zero-order valence-corrected chi connectivity index (χ0v) is 20.4. The summed E-state index contributed by atoms with van der Waals surface area (Å²) in [5.41, 5.74) is 1.97. The number of nitrogens with one attached hydrogen (secondary N) is 1. The fourth-order valence-corrected chi connectivity index (χ4v) is 6.09. The second-order valence-electron chi connectivity index (χ2n) is 9.13. The monoisotopic (exact) mass is 478 g/mol. The van der Waals surface area contributed by atoms with E-state index in [9.17, 15) is 8.42 Å². The summed E-state index contributed by atoms with van der Waals surface area (Å²) in [6, 6.07) is 17.6. The van der Waals surface area contributed by atoms with Crippen LogP contribution in [-0.4, -0.2) is 38.5 Å². The van der Waals surface area contributed by atoms with E-state index in [4.69, 9.17) is 4.74 Å². The van der Waals surface area contributed by atoms with Gasteiger partial charge in [0.15, 0.2) is 0 Å². The predicted octanol–water partition coefficient (Wildman–Crippen LogP) is 4.76. The molecule has 4 rings (SSSR count). The smallest absolute Gasteiger partial charge is 0.240 e. The molecule has 2 atom stereocenters. The number of ether oxygens (including phenoxy) is 1. The highest BCUT2D eigenvalue weighted by atomic mass is 35.5. The molecule has 0 radical (unpaired) electrons. The number of piperidine rings is 1. The summed E-state index contributed by atoms with van der Waals surface area (Å²) in [4.78, 5) is 2.89. The van der Waals surface area contributed by atoms with Gasteiger partial charge in [0.2, 0.25) is 10.0 Å². The minimum atomic E-state index is -3.53. The number of likely N-dealkylation sites (tertiary alicyclic amines) is 1. The maximum Gasteiger partial charge on any atom is 0.240 e. The summed E-state index contributed by atoms with van der Waals surface area (Å²) in [5, 5.41) is 0. The molecule has 32 heavy (non-hydrogen) atoms. The number of halogens is 1. The second-order valence-corrected chi connectivity index (χ2v) is 10.8. The summed E-state index contributed by atoms with van der Waals surface area (Å²) < 4.78 is 34.7. The van der Waals surface area contributed by atoms with Crippen LogP contribution in [0.2, 0.25) is 0 Å². The molecule has 0 bridgehead atoms. The van der Waals surface area contributed by atoms with Gasteiger partial charge in [-0.05, 0) is 74.4 Å². The maximum atomic E-state index is 13.0. The Morgan fingerprint density at radius 2 is 1.62 bits per heavy atom. The van der Waals surface area contributed by atoms with Gasteiger partial charge in [-0.15, -0.1) is 12.4 Å². The van der Waals surface area contributed by atoms with Crippen LogP contribution in [0.15, 0.2) is 59.5 Å². The Morgan fingerprint density at radius 3 is 2.38 bits per heavy atom. The standard InChI is InChI=1S/C25H34N2O3S.ClH/c1-20-12-14-27(15-13-20)24-11-10-23(17-24)26-31(28,29)25-9-5-8-22(16-25)19-30-18-21-6-3-2-4-7-21;/h2-9,16,20,23-24,26H,10-15,17-19H2,1H3;1H. The minimum absolute atomic E-state index is 0. The normalized spacial score (nSPS) is 22.5. The van der Waals surface area contributed by atoms with Crippen LogP contribution in [0, 0.1) is 5.92 Å². The molecule has 0 aromatic heterocycles. The molecule has 1 aliphatic heterocycles. The number of hydrogen-bond donors (Lipinski definition) is 1. The predicted molar refractivity (Wildman–Crippen MR) is 130 cm³/mol. The molecule has 1 saturated heterocycles. The van der Waals surface area contributed by atoms with E-state index >= 15 is 0 Å². The van der Waals surface area contributed by atoms with Crippen molar-refractivity contribution in [1.29, 1.82) is 0 Å². The first kappa shape index (κ1) is 25.2. The number of nitrogens with zero attached hydrogens (tertiary/aromatic N) is 1. The van der Waals surface area contributed by atoms with Crippen molar-refractivity contribution in [3.05, 3.63) is 65.7 Å². The van der Waals surface area contributed by atoms with Gasteiger partial charge in [-0.3, -0.25) is 0 Å². The first-order valence-corrected chi connectivity index (χ1v) is 12.9. The van der Waals surface area contributed by atoms with E-state index in [2.05, 4.69) is 16.5 Å². The lowest BCUT2D eigenvalue weighted by molar-refractivity contribution is 0.107. The van der Waals surface area contributed by atoms with Gasteiger partial charge in [0.25, 0.3) is 0 Å². The largest absolute Gasteiger partial charge is 0.372 e. The highest BCUT2D eigenvalue weighted by molar-refractivity contribution is 7.89. The van der Waals surface area contributed by atoms with Crippen molar-refractivity contribution in [2.75, 3.05) is 13.1 Å². The van der Waals surface area contributed by atoms with Crippen LogP contribution < -0.4 is 4.72 Å². The van der Waals surface area contributed by atoms with Crippen molar-refractivity contribution in [2.24, 2.45) is 5.92 Å². The van der Waals surface area contributed by atoms with E-state index in [0.717, 1.165) is 49.4 Å². The van der Waals surface area contributed by atoms with Crippen LogP contribution in [0.3, 0.4) is 0 Å². The van der Waals surface area contributed by atoms with E-state index in [1.165, 1.54) is 12.8 Å². The lowest BCUT2D eigenvalue weighted by Crippen LogP contribution is -2.41. The van der Waals surface area contributed by atoms with Crippen LogP contribution in [0.5, 0.6) is 0 Å².